The van der Waals surface area contributed by atoms with E-state index < -0.39 is 79.5 Å². The Bertz CT molecular complexity index is 606. The number of hydrogen-bond donors (Lipinski definition) is 7. The fraction of sp³-hybridized carbons (Fsp3) is 0.571. The van der Waals surface area contributed by atoms with Crippen LogP contribution in [-0.2, 0) is 28.8 Å². The highest BCUT2D eigenvalue weighted by Crippen LogP contribution is 2.02. The maximum Gasteiger partial charge on any atom is 0.326 e. The maximum absolute atomic E-state index is 12.1. The molecule has 0 saturated heterocycles. The van der Waals surface area contributed by atoms with Crippen molar-refractivity contribution in [2.75, 3.05) is 0 Å². The average Bonchev–Trinajstić information content (AvgIpc) is 2.54. The molecule has 0 heterocycles. The molecule has 152 valence electrons. The van der Waals surface area contributed by atoms with E-state index in [0.717, 1.165) is 0 Å². The normalized spacial score (nSPS) is 13.7. The SMILES string of the molecule is N[C@@H](CCC(=O)O)C(=O)N[C@@H](CC(=O)O)C(=O)N[C@@H](CCC(=O)O)C(=O)O. The van der Waals surface area contributed by atoms with E-state index in [4.69, 9.17) is 26.2 Å². The molecule has 0 aromatic carbocycles. The molecule has 0 aliphatic carbocycles. The van der Waals surface area contributed by atoms with Crippen LogP contribution < -0.4 is 16.4 Å². The van der Waals surface area contributed by atoms with Gasteiger partial charge < -0.3 is 36.8 Å². The number of rotatable bonds is 13. The largest absolute Gasteiger partial charge is 0.481 e. The fourth-order valence-electron chi connectivity index (χ4n) is 1.87. The Morgan fingerprint density at radius 2 is 1.19 bits per heavy atom. The van der Waals surface area contributed by atoms with Gasteiger partial charge in [-0.1, -0.05) is 0 Å². The summed E-state index contributed by atoms with van der Waals surface area (Å²) < 4.78 is 0. The highest BCUT2D eigenvalue weighted by atomic mass is 16.4. The minimum absolute atomic E-state index is 0.265. The van der Waals surface area contributed by atoms with Gasteiger partial charge in [-0.05, 0) is 12.8 Å². The Morgan fingerprint density at radius 3 is 1.63 bits per heavy atom. The lowest BCUT2D eigenvalue weighted by Gasteiger charge is -2.21. The lowest BCUT2D eigenvalue weighted by atomic mass is 10.1. The number of carbonyl (C=O) groups is 6. The zero-order valence-electron chi connectivity index (χ0n) is 14.1. The first-order valence-electron chi connectivity index (χ1n) is 7.68. The Kier molecular flexibility index (Phi) is 10.0. The summed E-state index contributed by atoms with van der Waals surface area (Å²) in [6.45, 7) is 0. The molecule has 8 N–H and O–H groups in total. The van der Waals surface area contributed by atoms with Gasteiger partial charge in [0.1, 0.15) is 12.1 Å². The molecule has 13 nitrogen and oxygen atoms in total. The summed E-state index contributed by atoms with van der Waals surface area (Å²) in [6, 6.07) is -4.62. The van der Waals surface area contributed by atoms with Crippen molar-refractivity contribution in [1.82, 2.24) is 10.6 Å². The average molecular weight is 391 g/mol. The van der Waals surface area contributed by atoms with Crippen molar-refractivity contribution in [3.05, 3.63) is 0 Å². The van der Waals surface area contributed by atoms with Crippen LogP contribution in [0.3, 0.4) is 0 Å². The summed E-state index contributed by atoms with van der Waals surface area (Å²) in [7, 11) is 0. The number of nitrogens with two attached hydrogens (primary N) is 1. The third-order valence-corrected chi connectivity index (χ3v) is 3.28. The van der Waals surface area contributed by atoms with Crippen LogP contribution in [0, 0.1) is 0 Å². The van der Waals surface area contributed by atoms with Crippen LogP contribution >= 0.6 is 0 Å². The predicted octanol–water partition coefficient (Wildman–Crippen LogP) is -2.43. The van der Waals surface area contributed by atoms with E-state index in [-0.39, 0.29) is 6.42 Å². The topological polar surface area (TPSA) is 233 Å². The minimum Gasteiger partial charge on any atom is -0.481 e. The molecule has 0 saturated carbocycles. The van der Waals surface area contributed by atoms with Gasteiger partial charge in [-0.3, -0.25) is 24.0 Å². The molecule has 27 heavy (non-hydrogen) atoms. The van der Waals surface area contributed by atoms with Crippen molar-refractivity contribution in [3.63, 3.8) is 0 Å². The van der Waals surface area contributed by atoms with Crippen LogP contribution in [0.2, 0.25) is 0 Å². The van der Waals surface area contributed by atoms with Gasteiger partial charge in [0.25, 0.3) is 0 Å². The molecule has 0 fully saturated rings. The molecular formula is C14H21N3O10. The molecule has 3 atom stereocenters. The van der Waals surface area contributed by atoms with Gasteiger partial charge in [0.2, 0.25) is 11.8 Å². The zero-order valence-corrected chi connectivity index (χ0v) is 14.1. The molecule has 0 spiro atoms. The molecule has 0 aliphatic rings. The molecule has 13 heteroatoms. The molecule has 0 unspecified atom stereocenters. The number of carbonyl (C=O) groups excluding carboxylic acids is 2. The molecule has 0 rings (SSSR count). The highest BCUT2D eigenvalue weighted by Gasteiger charge is 2.29. The Labute approximate surface area is 152 Å². The lowest BCUT2D eigenvalue weighted by Crippen LogP contribution is -2.55. The number of aliphatic carboxylic acids is 4. The fourth-order valence-corrected chi connectivity index (χ4v) is 1.87. The molecule has 0 aromatic heterocycles. The van der Waals surface area contributed by atoms with Crippen LogP contribution in [0.25, 0.3) is 0 Å². The van der Waals surface area contributed by atoms with Crippen LogP contribution in [0.15, 0.2) is 0 Å². The molecule has 2 amide bonds. The van der Waals surface area contributed by atoms with Crippen molar-refractivity contribution in [1.29, 1.82) is 0 Å². The van der Waals surface area contributed by atoms with E-state index in [1.807, 2.05) is 10.6 Å². The quantitative estimate of drug-likeness (QED) is 0.174. The van der Waals surface area contributed by atoms with Gasteiger partial charge in [-0.2, -0.15) is 0 Å². The van der Waals surface area contributed by atoms with E-state index in [9.17, 15) is 28.8 Å². The van der Waals surface area contributed by atoms with E-state index >= 15 is 0 Å². The van der Waals surface area contributed by atoms with Crippen LogP contribution in [0.5, 0.6) is 0 Å². The maximum atomic E-state index is 12.1. The van der Waals surface area contributed by atoms with Gasteiger partial charge in [0.05, 0.1) is 12.5 Å². The van der Waals surface area contributed by atoms with E-state index in [1.165, 1.54) is 0 Å². The van der Waals surface area contributed by atoms with Crippen molar-refractivity contribution in [2.45, 2.75) is 50.2 Å². The first-order valence-corrected chi connectivity index (χ1v) is 7.68. The molecular weight excluding hydrogens is 370 g/mol. The standard InChI is InChI=1S/C14H21N3O10/c15-6(1-3-9(18)19)12(24)17-8(5-11(22)23)13(25)16-7(14(26)27)2-4-10(20)21/h6-8H,1-5,15H2,(H,16,25)(H,17,24)(H,18,19)(H,20,21)(H,22,23)(H,26,27)/t6-,7-,8-/m0/s1. The molecule has 0 aromatic rings. The van der Waals surface area contributed by atoms with Gasteiger partial charge >= 0.3 is 23.9 Å². The number of hydrogen-bond acceptors (Lipinski definition) is 7. The first kappa shape index (κ1) is 23.8. The number of nitrogens with one attached hydrogen (secondary N) is 2. The van der Waals surface area contributed by atoms with Crippen molar-refractivity contribution >= 4 is 35.7 Å². The molecule has 0 aliphatic heterocycles. The summed E-state index contributed by atoms with van der Waals surface area (Å²) in [5.41, 5.74) is 5.46. The van der Waals surface area contributed by atoms with Gasteiger partial charge in [-0.15, -0.1) is 0 Å². The summed E-state index contributed by atoms with van der Waals surface area (Å²) in [5.74, 6) is -7.67. The second-order valence-electron chi connectivity index (χ2n) is 5.53. The highest BCUT2D eigenvalue weighted by molar-refractivity contribution is 5.94. The molecule has 0 radical (unpaired) electrons. The predicted molar refractivity (Wildman–Crippen MR) is 85.5 cm³/mol. The second-order valence-corrected chi connectivity index (χ2v) is 5.53. The van der Waals surface area contributed by atoms with E-state index in [0.29, 0.717) is 0 Å². The smallest absolute Gasteiger partial charge is 0.326 e. The molecule has 0 bridgehead atoms. The Balaban J connectivity index is 5.03. The van der Waals surface area contributed by atoms with Crippen molar-refractivity contribution < 1.29 is 49.2 Å². The summed E-state index contributed by atoms with van der Waals surface area (Å²) >= 11 is 0. The Hall–Kier alpha value is -3.22. The van der Waals surface area contributed by atoms with Crippen LogP contribution in [-0.4, -0.2) is 74.2 Å². The monoisotopic (exact) mass is 391 g/mol. The van der Waals surface area contributed by atoms with Crippen LogP contribution in [0.4, 0.5) is 0 Å². The Morgan fingerprint density at radius 1 is 0.704 bits per heavy atom. The van der Waals surface area contributed by atoms with Crippen LogP contribution in [0.1, 0.15) is 32.1 Å². The first-order chi connectivity index (χ1) is 12.4. The van der Waals surface area contributed by atoms with E-state index in [2.05, 4.69) is 0 Å². The third kappa shape index (κ3) is 10.4. The van der Waals surface area contributed by atoms with E-state index in [1.54, 1.807) is 0 Å². The summed E-state index contributed by atoms with van der Waals surface area (Å²) in [5, 5.41) is 39.0. The minimum atomic E-state index is -1.68. The number of carboxylic acids is 4. The second kappa shape index (κ2) is 11.4. The van der Waals surface area contributed by atoms with Gasteiger partial charge in [0, 0.05) is 12.8 Å². The summed E-state index contributed by atoms with van der Waals surface area (Å²) in [4.78, 5) is 67.0. The van der Waals surface area contributed by atoms with Crippen molar-refractivity contribution in [2.24, 2.45) is 5.73 Å². The number of carboxylic acid groups (broad SMARTS) is 4. The summed E-state index contributed by atoms with van der Waals surface area (Å²) in [6.07, 6.45) is -2.61. The zero-order chi connectivity index (χ0) is 21.1. The van der Waals surface area contributed by atoms with Gasteiger partial charge in [0.15, 0.2) is 0 Å². The van der Waals surface area contributed by atoms with Gasteiger partial charge in [-0.25, -0.2) is 4.79 Å². The van der Waals surface area contributed by atoms with Crippen molar-refractivity contribution in [3.8, 4) is 0 Å². The third-order valence-electron chi connectivity index (χ3n) is 3.28. The lowest BCUT2D eigenvalue weighted by molar-refractivity contribution is -0.144. The number of amides is 2.